The molecule has 1 aliphatic rings. The molecule has 8 heteroatoms. The van der Waals surface area contributed by atoms with Crippen LogP contribution in [0.5, 0.6) is 5.95 Å². The zero-order valence-electron chi connectivity index (χ0n) is 19.8. The number of benzene rings is 1. The maximum absolute atomic E-state index is 13.1. The monoisotopic (exact) mass is 464 g/mol. The Balaban J connectivity index is 1.69. The second-order valence-electron chi connectivity index (χ2n) is 7.95. The van der Waals surface area contributed by atoms with Gasteiger partial charge in [-0.3, -0.25) is 9.69 Å². The second-order valence-corrected chi connectivity index (χ2v) is 7.95. The van der Waals surface area contributed by atoms with Crippen molar-refractivity contribution >= 4 is 28.5 Å². The molecule has 1 aliphatic heterocycles. The number of nitrogens with zero attached hydrogens (tertiary/aromatic N) is 2. The molecular weight excluding hydrogens is 436 g/mol. The predicted octanol–water partition coefficient (Wildman–Crippen LogP) is 3.90. The van der Waals surface area contributed by atoms with E-state index in [9.17, 15) is 14.4 Å². The molecule has 4 rings (SSSR count). The molecule has 1 atom stereocenters. The number of likely N-dealkylation sites (N-methyl/N-ethyl adjacent to an activating group) is 1. The molecule has 2 aromatic heterocycles. The number of anilines is 1. The van der Waals surface area contributed by atoms with Crippen molar-refractivity contribution in [2.24, 2.45) is 0 Å². The van der Waals surface area contributed by atoms with Crippen molar-refractivity contribution in [2.45, 2.75) is 33.9 Å². The summed E-state index contributed by atoms with van der Waals surface area (Å²) in [5.74, 6) is -0.699. The molecule has 34 heavy (non-hydrogen) atoms. The number of hydrogen-bond donors (Lipinski definition) is 0. The summed E-state index contributed by atoms with van der Waals surface area (Å²) in [5, 5.41) is 0.589. The maximum atomic E-state index is 13.1. The van der Waals surface area contributed by atoms with E-state index in [1.165, 1.54) is 12.1 Å². The van der Waals surface area contributed by atoms with Gasteiger partial charge < -0.3 is 18.5 Å². The number of fused-ring (bicyclic) bond motifs is 2. The van der Waals surface area contributed by atoms with Crippen LogP contribution in [-0.4, -0.2) is 43.1 Å². The first-order valence-electron chi connectivity index (χ1n) is 11.5. The molecule has 0 saturated carbocycles. The van der Waals surface area contributed by atoms with Gasteiger partial charge in [-0.25, -0.2) is 9.59 Å². The summed E-state index contributed by atoms with van der Waals surface area (Å²) >= 11 is 0. The Hall–Kier alpha value is -3.65. The number of ether oxygens (including phenoxy) is 1. The average molecular weight is 465 g/mol. The van der Waals surface area contributed by atoms with Crippen LogP contribution in [0.15, 0.2) is 54.8 Å². The van der Waals surface area contributed by atoms with Crippen LogP contribution in [0.2, 0.25) is 0 Å². The van der Waals surface area contributed by atoms with E-state index in [0.29, 0.717) is 16.5 Å². The number of ketones is 1. The standard InChI is InChI=1S/C26H28N2O6/c1-5-27(6-2)18-11-9-16-13-19(24(30)32-21(16)15-18)23(29)20-14-17-10-12-22(28(7-3)8-4)33-26(17)34-25(20)31/h9-15,22H,5-8H2,1-4H3. The molecule has 1 unspecified atom stereocenters. The van der Waals surface area contributed by atoms with E-state index in [-0.39, 0.29) is 23.3 Å². The van der Waals surface area contributed by atoms with Crippen LogP contribution in [0.1, 0.15) is 49.2 Å². The van der Waals surface area contributed by atoms with E-state index in [1.54, 1.807) is 18.2 Å². The van der Waals surface area contributed by atoms with Gasteiger partial charge in [0.2, 0.25) is 5.78 Å². The van der Waals surface area contributed by atoms with E-state index in [1.807, 2.05) is 44.7 Å². The molecule has 0 amide bonds. The van der Waals surface area contributed by atoms with Gasteiger partial charge in [-0.1, -0.05) is 13.8 Å². The number of carbonyl (C=O) groups excluding carboxylic acids is 1. The lowest BCUT2D eigenvalue weighted by molar-refractivity contribution is 0.0451. The minimum atomic E-state index is -0.867. The van der Waals surface area contributed by atoms with Crippen molar-refractivity contribution in [1.29, 1.82) is 0 Å². The molecule has 0 saturated heterocycles. The van der Waals surface area contributed by atoms with Crippen LogP contribution < -0.4 is 20.9 Å². The van der Waals surface area contributed by atoms with E-state index in [0.717, 1.165) is 31.9 Å². The van der Waals surface area contributed by atoms with Crippen LogP contribution >= 0.6 is 0 Å². The lowest BCUT2D eigenvalue weighted by Gasteiger charge is -2.29. The topological polar surface area (TPSA) is 93.2 Å². The van der Waals surface area contributed by atoms with Gasteiger partial charge in [-0.2, -0.15) is 0 Å². The van der Waals surface area contributed by atoms with Crippen LogP contribution in [0.25, 0.3) is 17.0 Å². The largest absolute Gasteiger partial charge is 0.442 e. The quantitative estimate of drug-likeness (QED) is 0.366. The molecular formula is C26H28N2O6. The van der Waals surface area contributed by atoms with Crippen LogP contribution in [-0.2, 0) is 0 Å². The first kappa shape index (κ1) is 23.5. The highest BCUT2D eigenvalue weighted by Crippen LogP contribution is 2.27. The highest BCUT2D eigenvalue weighted by molar-refractivity contribution is 6.09. The first-order valence-corrected chi connectivity index (χ1v) is 11.5. The molecule has 0 aliphatic carbocycles. The van der Waals surface area contributed by atoms with E-state index in [2.05, 4.69) is 4.90 Å². The minimum Gasteiger partial charge on any atom is -0.442 e. The molecule has 0 fully saturated rings. The molecule has 0 radical (unpaired) electrons. The molecule has 178 valence electrons. The Kier molecular flexibility index (Phi) is 6.70. The molecule has 1 aromatic carbocycles. The van der Waals surface area contributed by atoms with Gasteiger partial charge in [0.1, 0.15) is 16.7 Å². The normalized spacial score (nSPS) is 14.8. The molecule has 3 heterocycles. The molecule has 0 N–H and O–H groups in total. The number of carbonyl (C=O) groups is 1. The maximum Gasteiger partial charge on any atom is 0.349 e. The van der Waals surface area contributed by atoms with E-state index >= 15 is 0 Å². The van der Waals surface area contributed by atoms with Gasteiger partial charge in [-0.15, -0.1) is 0 Å². The van der Waals surface area contributed by atoms with Gasteiger partial charge in [0.05, 0.1) is 5.56 Å². The molecule has 8 nitrogen and oxygen atoms in total. The fourth-order valence-electron chi connectivity index (χ4n) is 4.14. The fraction of sp³-hybridized carbons (Fsp3) is 0.346. The van der Waals surface area contributed by atoms with Gasteiger partial charge in [0.15, 0.2) is 6.23 Å². The Morgan fingerprint density at radius 3 is 2.24 bits per heavy atom. The van der Waals surface area contributed by atoms with Crippen molar-refractivity contribution < 1.29 is 18.4 Å². The number of rotatable bonds is 8. The van der Waals surface area contributed by atoms with Crippen LogP contribution in [0.4, 0.5) is 5.69 Å². The smallest absolute Gasteiger partial charge is 0.349 e. The Morgan fingerprint density at radius 1 is 0.882 bits per heavy atom. The fourth-order valence-corrected chi connectivity index (χ4v) is 4.14. The SMILES string of the molecule is CCN(CC)c1ccc2cc(C(=O)c3cc4c(oc3=O)OC(N(CC)CC)C=C4)c(=O)oc2c1. The Labute approximate surface area is 197 Å². The second kappa shape index (κ2) is 9.69. The van der Waals surface area contributed by atoms with Gasteiger partial charge in [0, 0.05) is 30.2 Å². The lowest BCUT2D eigenvalue weighted by atomic mass is 10.0. The van der Waals surface area contributed by atoms with Crippen molar-refractivity contribution in [3.8, 4) is 5.95 Å². The molecule has 0 spiro atoms. The molecule has 3 aromatic rings. The number of hydrogen-bond acceptors (Lipinski definition) is 8. The third-order valence-electron chi connectivity index (χ3n) is 6.12. The summed E-state index contributed by atoms with van der Waals surface area (Å²) in [6.07, 6.45) is 3.22. The highest BCUT2D eigenvalue weighted by atomic mass is 16.6. The summed E-state index contributed by atoms with van der Waals surface area (Å²) in [6, 6.07) is 8.33. The Morgan fingerprint density at radius 2 is 1.56 bits per heavy atom. The lowest BCUT2D eigenvalue weighted by Crippen LogP contribution is -2.39. The van der Waals surface area contributed by atoms with Gasteiger partial charge in [-0.05, 0) is 63.4 Å². The third kappa shape index (κ3) is 4.28. The summed E-state index contributed by atoms with van der Waals surface area (Å²) in [7, 11) is 0. The summed E-state index contributed by atoms with van der Waals surface area (Å²) in [5.41, 5.74) is -0.391. The third-order valence-corrected chi connectivity index (χ3v) is 6.12. The van der Waals surface area contributed by atoms with Gasteiger partial charge >= 0.3 is 11.3 Å². The van der Waals surface area contributed by atoms with E-state index < -0.39 is 17.0 Å². The van der Waals surface area contributed by atoms with Crippen LogP contribution in [0, 0.1) is 0 Å². The average Bonchev–Trinajstić information content (AvgIpc) is 2.84. The first-order chi connectivity index (χ1) is 16.4. The van der Waals surface area contributed by atoms with Crippen molar-refractivity contribution in [2.75, 3.05) is 31.1 Å². The van der Waals surface area contributed by atoms with Crippen LogP contribution in [0.3, 0.4) is 0 Å². The summed E-state index contributed by atoms with van der Waals surface area (Å²) in [6.45, 7) is 11.2. The summed E-state index contributed by atoms with van der Waals surface area (Å²) < 4.78 is 16.6. The zero-order chi connectivity index (χ0) is 24.4. The Bertz CT molecular complexity index is 1360. The van der Waals surface area contributed by atoms with Crippen molar-refractivity contribution in [3.05, 3.63) is 73.9 Å². The zero-order valence-corrected chi connectivity index (χ0v) is 19.8. The highest BCUT2D eigenvalue weighted by Gasteiger charge is 2.26. The predicted molar refractivity (Wildman–Crippen MR) is 131 cm³/mol. The minimum absolute atomic E-state index is 0.0513. The summed E-state index contributed by atoms with van der Waals surface area (Å²) in [4.78, 5) is 42.6. The van der Waals surface area contributed by atoms with Gasteiger partial charge in [0.25, 0.3) is 5.95 Å². The van der Waals surface area contributed by atoms with E-state index in [4.69, 9.17) is 13.6 Å². The van der Waals surface area contributed by atoms with Crippen molar-refractivity contribution in [1.82, 2.24) is 4.90 Å². The van der Waals surface area contributed by atoms with Crippen molar-refractivity contribution in [3.63, 3.8) is 0 Å². The molecule has 0 bridgehead atoms.